The first-order valence-electron chi connectivity index (χ1n) is 8.00. The van der Waals surface area contributed by atoms with Crippen LogP contribution in [-0.4, -0.2) is 46.0 Å². The summed E-state index contributed by atoms with van der Waals surface area (Å²) in [5, 5.41) is 0. The SMILES string of the molecule is [B]c1c2c(cc(OC)c1OC)C(=O)N(Cc1ccc(C(=O)OC)cc1)C2. The third-order valence-electron chi connectivity index (χ3n) is 4.43. The van der Waals surface area contributed by atoms with Crippen LogP contribution in [0.4, 0.5) is 0 Å². The van der Waals surface area contributed by atoms with Crippen molar-refractivity contribution in [2.45, 2.75) is 13.1 Å². The highest BCUT2D eigenvalue weighted by Crippen LogP contribution is 2.33. The van der Waals surface area contributed by atoms with Gasteiger partial charge >= 0.3 is 5.97 Å². The van der Waals surface area contributed by atoms with Crippen LogP contribution in [0.25, 0.3) is 0 Å². The van der Waals surface area contributed by atoms with Crippen molar-refractivity contribution >= 4 is 25.2 Å². The quantitative estimate of drug-likeness (QED) is 0.603. The lowest BCUT2D eigenvalue weighted by atomic mass is 9.87. The lowest BCUT2D eigenvalue weighted by Crippen LogP contribution is -2.23. The maximum atomic E-state index is 12.7. The van der Waals surface area contributed by atoms with Gasteiger partial charge in [0.05, 0.1) is 26.9 Å². The van der Waals surface area contributed by atoms with Gasteiger partial charge in [0.25, 0.3) is 5.91 Å². The maximum absolute atomic E-state index is 12.7. The first kappa shape index (κ1) is 17.9. The van der Waals surface area contributed by atoms with E-state index in [9.17, 15) is 9.59 Å². The van der Waals surface area contributed by atoms with E-state index >= 15 is 0 Å². The molecule has 1 aliphatic heterocycles. The predicted molar refractivity (Wildman–Crippen MR) is 96.3 cm³/mol. The summed E-state index contributed by atoms with van der Waals surface area (Å²) in [7, 11) is 10.5. The first-order chi connectivity index (χ1) is 12.5. The summed E-state index contributed by atoms with van der Waals surface area (Å²) in [5.74, 6) is 0.350. The molecule has 0 spiro atoms. The van der Waals surface area contributed by atoms with E-state index in [1.807, 2.05) is 0 Å². The van der Waals surface area contributed by atoms with E-state index < -0.39 is 5.97 Å². The van der Waals surface area contributed by atoms with Crippen molar-refractivity contribution in [3.8, 4) is 11.5 Å². The molecule has 0 aliphatic carbocycles. The van der Waals surface area contributed by atoms with Crippen LogP contribution in [0.3, 0.4) is 0 Å². The Hall–Kier alpha value is -2.96. The van der Waals surface area contributed by atoms with E-state index in [0.29, 0.717) is 41.2 Å². The smallest absolute Gasteiger partial charge is 0.337 e. The average Bonchev–Trinajstić information content (AvgIpc) is 2.97. The molecule has 0 bridgehead atoms. The molecule has 7 heteroatoms. The summed E-state index contributed by atoms with van der Waals surface area (Å²) in [4.78, 5) is 25.9. The minimum Gasteiger partial charge on any atom is -0.493 e. The van der Waals surface area contributed by atoms with Crippen LogP contribution >= 0.6 is 0 Å². The third-order valence-corrected chi connectivity index (χ3v) is 4.43. The van der Waals surface area contributed by atoms with Crippen LogP contribution in [0.15, 0.2) is 30.3 Å². The number of hydrogen-bond donors (Lipinski definition) is 0. The highest BCUT2D eigenvalue weighted by Gasteiger charge is 2.31. The van der Waals surface area contributed by atoms with Crippen molar-refractivity contribution in [1.29, 1.82) is 0 Å². The monoisotopic (exact) mass is 351 g/mol. The molecule has 6 nitrogen and oxygen atoms in total. The van der Waals surface area contributed by atoms with Crippen LogP contribution in [0.2, 0.25) is 0 Å². The molecule has 1 heterocycles. The number of esters is 1. The fourth-order valence-electron chi connectivity index (χ4n) is 3.07. The summed E-state index contributed by atoms with van der Waals surface area (Å²) in [5.41, 5.74) is 3.03. The number of carbonyl (C=O) groups is 2. The Bertz CT molecular complexity index is 863. The second kappa shape index (κ2) is 7.11. The molecule has 132 valence electrons. The molecule has 0 fully saturated rings. The van der Waals surface area contributed by atoms with Gasteiger partial charge in [-0.25, -0.2) is 4.79 Å². The molecule has 0 atom stereocenters. The number of rotatable bonds is 5. The molecule has 0 unspecified atom stereocenters. The molecular formula is C19H18BNO5. The Morgan fingerprint density at radius 3 is 2.42 bits per heavy atom. The Morgan fingerprint density at radius 1 is 1.15 bits per heavy atom. The number of amides is 1. The van der Waals surface area contributed by atoms with Crippen molar-refractivity contribution in [3.63, 3.8) is 0 Å². The van der Waals surface area contributed by atoms with Crippen LogP contribution < -0.4 is 14.9 Å². The predicted octanol–water partition coefficient (Wildman–Crippen LogP) is 1.44. The molecule has 2 radical (unpaired) electrons. The molecular weight excluding hydrogens is 333 g/mol. The second-order valence-corrected chi connectivity index (χ2v) is 5.90. The van der Waals surface area contributed by atoms with Gasteiger partial charge < -0.3 is 19.1 Å². The minimum atomic E-state index is -0.395. The Kier molecular flexibility index (Phi) is 4.89. The summed E-state index contributed by atoms with van der Waals surface area (Å²) >= 11 is 0. The number of benzene rings is 2. The van der Waals surface area contributed by atoms with Gasteiger partial charge in [-0.2, -0.15) is 0 Å². The normalized spacial score (nSPS) is 12.7. The third kappa shape index (κ3) is 3.01. The van der Waals surface area contributed by atoms with Gasteiger partial charge in [0, 0.05) is 18.7 Å². The molecule has 0 N–H and O–H groups in total. The molecule has 0 aromatic heterocycles. The molecule has 0 saturated carbocycles. The molecule has 1 aliphatic rings. The summed E-state index contributed by atoms with van der Waals surface area (Å²) in [6, 6.07) is 8.61. The van der Waals surface area contributed by atoms with Gasteiger partial charge in [-0.3, -0.25) is 4.79 Å². The highest BCUT2D eigenvalue weighted by molar-refractivity contribution is 6.36. The highest BCUT2D eigenvalue weighted by atomic mass is 16.5. The van der Waals surface area contributed by atoms with Crippen molar-refractivity contribution < 1.29 is 23.8 Å². The van der Waals surface area contributed by atoms with Crippen molar-refractivity contribution in [2.24, 2.45) is 0 Å². The average molecular weight is 351 g/mol. The van der Waals surface area contributed by atoms with Gasteiger partial charge in [0.15, 0.2) is 11.5 Å². The fourth-order valence-corrected chi connectivity index (χ4v) is 3.07. The summed E-state index contributed by atoms with van der Waals surface area (Å²) in [6.07, 6.45) is 0. The fraction of sp³-hybridized carbons (Fsp3) is 0.263. The van der Waals surface area contributed by atoms with Crippen LogP contribution in [0, 0.1) is 0 Å². The van der Waals surface area contributed by atoms with Crippen molar-refractivity contribution in [3.05, 3.63) is 52.6 Å². The Balaban J connectivity index is 1.84. The molecule has 2 aromatic carbocycles. The largest absolute Gasteiger partial charge is 0.493 e. The van der Waals surface area contributed by atoms with E-state index in [1.54, 1.807) is 35.2 Å². The standard InChI is InChI=1S/C19H18BNO5/c1-24-15-8-13-14(16(20)17(15)25-2)10-21(18(13)22)9-11-4-6-12(7-5-11)19(23)26-3/h4-8H,9-10H2,1-3H3. The van der Waals surface area contributed by atoms with Crippen molar-refractivity contribution in [1.82, 2.24) is 4.90 Å². The summed E-state index contributed by atoms with van der Waals surface area (Å²) in [6.45, 7) is 0.790. The topological polar surface area (TPSA) is 65.1 Å². The number of nitrogens with zero attached hydrogens (tertiary/aromatic N) is 1. The summed E-state index contributed by atoms with van der Waals surface area (Å²) < 4.78 is 15.3. The second-order valence-electron chi connectivity index (χ2n) is 5.90. The Labute approximate surface area is 153 Å². The number of carbonyl (C=O) groups excluding carboxylic acids is 2. The maximum Gasteiger partial charge on any atom is 0.337 e. The van der Waals surface area contributed by atoms with Gasteiger partial charge in [-0.15, -0.1) is 0 Å². The van der Waals surface area contributed by atoms with E-state index in [2.05, 4.69) is 4.74 Å². The zero-order valence-electron chi connectivity index (χ0n) is 14.9. The zero-order chi connectivity index (χ0) is 18.8. The van der Waals surface area contributed by atoms with Gasteiger partial charge in [-0.05, 0) is 34.8 Å². The van der Waals surface area contributed by atoms with Crippen LogP contribution in [0.5, 0.6) is 11.5 Å². The van der Waals surface area contributed by atoms with Gasteiger partial charge in [-0.1, -0.05) is 12.1 Å². The van der Waals surface area contributed by atoms with E-state index in [-0.39, 0.29) is 5.91 Å². The van der Waals surface area contributed by atoms with Crippen molar-refractivity contribution in [2.75, 3.05) is 21.3 Å². The molecule has 3 rings (SSSR count). The van der Waals surface area contributed by atoms with Gasteiger partial charge in [0.2, 0.25) is 0 Å². The number of fused-ring (bicyclic) bond motifs is 1. The number of methoxy groups -OCH3 is 3. The molecule has 1 amide bonds. The lowest BCUT2D eigenvalue weighted by Gasteiger charge is -2.16. The lowest BCUT2D eigenvalue weighted by molar-refractivity contribution is 0.0600. The van der Waals surface area contributed by atoms with Crippen LogP contribution in [-0.2, 0) is 17.8 Å². The molecule has 26 heavy (non-hydrogen) atoms. The van der Waals surface area contributed by atoms with Crippen LogP contribution in [0.1, 0.15) is 31.8 Å². The molecule has 0 saturated heterocycles. The Morgan fingerprint density at radius 2 is 1.85 bits per heavy atom. The van der Waals surface area contributed by atoms with E-state index in [1.165, 1.54) is 21.3 Å². The number of hydrogen-bond acceptors (Lipinski definition) is 5. The van der Waals surface area contributed by atoms with Gasteiger partial charge in [0.1, 0.15) is 7.85 Å². The molecule has 2 aromatic rings. The van der Waals surface area contributed by atoms with E-state index in [0.717, 1.165) is 11.1 Å². The number of ether oxygens (including phenoxy) is 3. The van der Waals surface area contributed by atoms with E-state index in [4.69, 9.17) is 17.3 Å². The zero-order valence-corrected chi connectivity index (χ0v) is 14.9. The minimum absolute atomic E-state index is 0.121. The first-order valence-corrected chi connectivity index (χ1v) is 8.00.